The average Bonchev–Trinajstić information content (AvgIpc) is 2.48. The van der Waals surface area contributed by atoms with Gasteiger partial charge in [0.2, 0.25) is 0 Å². The SMILES string of the molecule is N=C=N.O=C(c1ccccc1)c1ccc([N+](=O)[O-])cc1. The number of carbonyl (C=O) groups is 1. The molecule has 6 nitrogen and oxygen atoms in total. The van der Waals surface area contributed by atoms with Gasteiger partial charge in [0.1, 0.15) is 0 Å². The van der Waals surface area contributed by atoms with Crippen molar-refractivity contribution in [3.63, 3.8) is 0 Å². The lowest BCUT2D eigenvalue weighted by molar-refractivity contribution is -0.384. The summed E-state index contributed by atoms with van der Waals surface area (Å²) in [6.45, 7) is 0. The van der Waals surface area contributed by atoms with Crippen LogP contribution in [0.4, 0.5) is 5.69 Å². The van der Waals surface area contributed by atoms with Gasteiger partial charge in [-0.15, -0.1) is 0 Å². The highest BCUT2D eigenvalue weighted by atomic mass is 16.6. The summed E-state index contributed by atoms with van der Waals surface area (Å²) in [5, 5.41) is 21.7. The van der Waals surface area contributed by atoms with Gasteiger partial charge in [-0.25, -0.2) is 10.8 Å². The summed E-state index contributed by atoms with van der Waals surface area (Å²) in [6, 6.07) is 15.6. The van der Waals surface area contributed by atoms with Crippen molar-refractivity contribution < 1.29 is 9.72 Å². The fraction of sp³-hybridized carbons (Fsp3) is 0. The fourth-order valence-electron chi connectivity index (χ4n) is 1.49. The van der Waals surface area contributed by atoms with Crippen LogP contribution in [0.25, 0.3) is 0 Å². The van der Waals surface area contributed by atoms with Crippen LogP contribution in [-0.4, -0.2) is 16.7 Å². The van der Waals surface area contributed by atoms with Gasteiger partial charge >= 0.3 is 0 Å². The minimum atomic E-state index is -0.489. The Balaban J connectivity index is 0.000000612. The maximum absolute atomic E-state index is 12.0. The maximum atomic E-state index is 12.0. The van der Waals surface area contributed by atoms with Crippen molar-refractivity contribution in [1.29, 1.82) is 10.8 Å². The molecular formula is C14H11N3O3. The number of hydrogen-bond acceptors (Lipinski definition) is 5. The molecule has 6 heteroatoms. The van der Waals surface area contributed by atoms with Crippen molar-refractivity contribution in [2.24, 2.45) is 0 Å². The lowest BCUT2D eigenvalue weighted by atomic mass is 10.0. The standard InChI is InChI=1S/C13H9NO3.CH2N2/c15-13(10-4-2-1-3-5-10)11-6-8-12(9-7-11)14(16)17;2-1-3/h1-9H;2-3H. The van der Waals surface area contributed by atoms with E-state index in [2.05, 4.69) is 0 Å². The molecule has 0 fully saturated rings. The highest BCUT2D eigenvalue weighted by molar-refractivity contribution is 6.09. The Bertz CT molecular complexity index is 630. The van der Waals surface area contributed by atoms with Gasteiger partial charge in [0.05, 0.1) is 10.9 Å². The van der Waals surface area contributed by atoms with Crippen molar-refractivity contribution in [1.82, 2.24) is 0 Å². The van der Waals surface area contributed by atoms with Crippen LogP contribution >= 0.6 is 0 Å². The summed E-state index contributed by atoms with van der Waals surface area (Å²) in [4.78, 5) is 21.9. The summed E-state index contributed by atoms with van der Waals surface area (Å²) in [5.41, 5.74) is 0.998. The quantitative estimate of drug-likeness (QED) is 0.386. The van der Waals surface area contributed by atoms with Crippen LogP contribution < -0.4 is 0 Å². The molecule has 2 aromatic carbocycles. The van der Waals surface area contributed by atoms with Crippen molar-refractivity contribution in [2.75, 3.05) is 0 Å². The summed E-state index contributed by atoms with van der Waals surface area (Å²) in [5.74, 6) is -0.138. The summed E-state index contributed by atoms with van der Waals surface area (Å²) >= 11 is 0. The average molecular weight is 269 g/mol. The van der Waals surface area contributed by atoms with E-state index < -0.39 is 4.92 Å². The van der Waals surface area contributed by atoms with Gasteiger partial charge in [-0.2, -0.15) is 0 Å². The normalized spacial score (nSPS) is 8.80. The zero-order valence-electron chi connectivity index (χ0n) is 10.4. The first-order chi connectivity index (χ1) is 9.60. The van der Waals surface area contributed by atoms with E-state index in [-0.39, 0.29) is 11.5 Å². The largest absolute Gasteiger partial charge is 0.289 e. The third kappa shape index (κ3) is 3.97. The van der Waals surface area contributed by atoms with Gasteiger partial charge in [-0.1, -0.05) is 30.3 Å². The second-order valence-corrected chi connectivity index (χ2v) is 3.62. The van der Waals surface area contributed by atoms with Gasteiger partial charge in [0.15, 0.2) is 5.78 Å². The number of ketones is 1. The van der Waals surface area contributed by atoms with Crippen LogP contribution in [0.1, 0.15) is 15.9 Å². The molecule has 0 amide bonds. The lowest BCUT2D eigenvalue weighted by Gasteiger charge is -2.00. The van der Waals surface area contributed by atoms with E-state index >= 15 is 0 Å². The second-order valence-electron chi connectivity index (χ2n) is 3.62. The zero-order chi connectivity index (χ0) is 15.0. The molecule has 0 saturated carbocycles. The van der Waals surface area contributed by atoms with E-state index in [1.54, 1.807) is 24.3 Å². The molecule has 0 unspecified atom stereocenters. The van der Waals surface area contributed by atoms with Gasteiger partial charge in [0.25, 0.3) is 5.69 Å². The number of benzene rings is 2. The Kier molecular flexibility index (Phi) is 5.50. The molecule has 0 spiro atoms. The Morgan fingerprint density at radius 2 is 1.40 bits per heavy atom. The number of nitrogens with one attached hydrogen (secondary N) is 2. The van der Waals surface area contributed by atoms with Gasteiger partial charge < -0.3 is 0 Å². The molecule has 0 aliphatic carbocycles. The molecule has 0 radical (unpaired) electrons. The molecule has 0 aliphatic heterocycles. The number of hydrogen-bond donors (Lipinski definition) is 2. The number of carbonyl (C=O) groups excluding carboxylic acids is 1. The molecule has 0 saturated heterocycles. The zero-order valence-corrected chi connectivity index (χ0v) is 10.4. The monoisotopic (exact) mass is 269 g/mol. The number of non-ortho nitro benzene ring substituents is 1. The van der Waals surface area contributed by atoms with Gasteiger partial charge in [-0.3, -0.25) is 14.9 Å². The maximum Gasteiger partial charge on any atom is 0.269 e. The molecule has 20 heavy (non-hydrogen) atoms. The highest BCUT2D eigenvalue weighted by Gasteiger charge is 2.10. The van der Waals surface area contributed by atoms with E-state index in [1.807, 2.05) is 6.07 Å². The smallest absolute Gasteiger partial charge is 0.269 e. The first-order valence-electron chi connectivity index (χ1n) is 5.52. The van der Waals surface area contributed by atoms with Crippen LogP contribution in [0.2, 0.25) is 0 Å². The predicted molar refractivity (Wildman–Crippen MR) is 73.4 cm³/mol. The second kappa shape index (κ2) is 7.35. The molecule has 0 aliphatic rings. The van der Waals surface area contributed by atoms with Crippen LogP contribution in [0.3, 0.4) is 0 Å². The predicted octanol–water partition coefficient (Wildman–Crippen LogP) is 3.14. The van der Waals surface area contributed by atoms with Crippen LogP contribution in [0, 0.1) is 20.9 Å². The molecule has 0 atom stereocenters. The molecule has 2 aromatic rings. The Labute approximate surface area is 114 Å². The topological polar surface area (TPSA) is 108 Å². The third-order valence-electron chi connectivity index (χ3n) is 2.38. The van der Waals surface area contributed by atoms with E-state index in [4.69, 9.17) is 10.8 Å². The van der Waals surface area contributed by atoms with Crippen molar-refractivity contribution in [3.8, 4) is 0 Å². The van der Waals surface area contributed by atoms with Crippen molar-refractivity contribution in [3.05, 3.63) is 75.8 Å². The minimum absolute atomic E-state index is 0.0189. The van der Waals surface area contributed by atoms with Crippen LogP contribution in [-0.2, 0) is 0 Å². The number of nitrogens with zero attached hydrogens (tertiary/aromatic N) is 1. The molecule has 0 bridgehead atoms. The summed E-state index contributed by atoms with van der Waals surface area (Å²) in [7, 11) is 0. The summed E-state index contributed by atoms with van der Waals surface area (Å²) in [6.07, 6.45) is 0. The molecular weight excluding hydrogens is 258 g/mol. The van der Waals surface area contributed by atoms with Crippen molar-refractivity contribution in [2.45, 2.75) is 0 Å². The van der Waals surface area contributed by atoms with E-state index in [0.717, 1.165) is 0 Å². The Hall–Kier alpha value is -3.11. The number of rotatable bonds is 3. The number of nitro benzene ring substituents is 1. The lowest BCUT2D eigenvalue weighted by Crippen LogP contribution is -2.00. The molecule has 2 rings (SSSR count). The first-order valence-corrected chi connectivity index (χ1v) is 5.52. The minimum Gasteiger partial charge on any atom is -0.289 e. The van der Waals surface area contributed by atoms with Gasteiger partial charge in [-0.05, 0) is 12.1 Å². The molecule has 2 N–H and O–H groups in total. The Morgan fingerprint density at radius 3 is 1.85 bits per heavy atom. The van der Waals surface area contributed by atoms with E-state index in [0.29, 0.717) is 11.1 Å². The fourth-order valence-corrected chi connectivity index (χ4v) is 1.49. The molecule has 0 heterocycles. The Morgan fingerprint density at radius 1 is 0.950 bits per heavy atom. The number of nitro groups is 1. The van der Waals surface area contributed by atoms with Crippen molar-refractivity contribution >= 4 is 17.5 Å². The van der Waals surface area contributed by atoms with E-state index in [9.17, 15) is 14.9 Å². The van der Waals surface area contributed by atoms with Crippen LogP contribution in [0.5, 0.6) is 0 Å². The van der Waals surface area contributed by atoms with Gasteiger partial charge in [0, 0.05) is 23.3 Å². The van der Waals surface area contributed by atoms with E-state index in [1.165, 1.54) is 30.3 Å². The highest BCUT2D eigenvalue weighted by Crippen LogP contribution is 2.15. The van der Waals surface area contributed by atoms with Crippen LogP contribution in [0.15, 0.2) is 54.6 Å². The summed E-state index contributed by atoms with van der Waals surface area (Å²) < 4.78 is 0. The molecule has 100 valence electrons. The third-order valence-corrected chi connectivity index (χ3v) is 2.38. The molecule has 0 aromatic heterocycles. The first kappa shape index (κ1) is 14.9.